The highest BCUT2D eigenvalue weighted by atomic mass is 32.2. The van der Waals surface area contributed by atoms with Gasteiger partial charge in [0.05, 0.1) is 22.6 Å². The second-order valence-electron chi connectivity index (χ2n) is 7.89. The van der Waals surface area contributed by atoms with Gasteiger partial charge in [-0.3, -0.25) is 0 Å². The molecule has 0 aliphatic rings. The van der Waals surface area contributed by atoms with Crippen molar-refractivity contribution in [2.75, 3.05) is 12.4 Å². The van der Waals surface area contributed by atoms with Crippen molar-refractivity contribution in [1.29, 1.82) is 0 Å². The molecule has 0 saturated heterocycles. The summed E-state index contributed by atoms with van der Waals surface area (Å²) in [5.74, 6) is -1.17. The third kappa shape index (κ3) is 4.44. The van der Waals surface area contributed by atoms with Gasteiger partial charge in [0.25, 0.3) is 10.0 Å². The average molecular weight is 486 g/mol. The molecule has 0 unspecified atom stereocenters. The molecule has 0 radical (unpaired) electrons. The van der Waals surface area contributed by atoms with E-state index in [9.17, 15) is 27.1 Å². The molecule has 0 aliphatic heterocycles. The van der Waals surface area contributed by atoms with Gasteiger partial charge in [0.1, 0.15) is 11.6 Å². The number of amides is 1. The maximum absolute atomic E-state index is 14.3. The molecule has 2 N–H and O–H groups in total. The normalized spacial score (nSPS) is 11.5. The predicted molar refractivity (Wildman–Crippen MR) is 125 cm³/mol. The van der Waals surface area contributed by atoms with Crippen molar-refractivity contribution in [3.63, 3.8) is 0 Å². The maximum Gasteiger partial charge on any atom is 0.407 e. The standard InChI is InChI=1S/C24H21F2N3O4S/c1-15-6-9-22(21(26)10-15)27-18-7-8-20-16(13-28(2)24(30)31)14-29(23(20)12-18)34(32,33)19-5-3-4-17(25)11-19/h3-12,14,27H,13H2,1-2H3,(H,30,31). The third-order valence-corrected chi connectivity index (χ3v) is 7.01. The first-order chi connectivity index (χ1) is 16.1. The van der Waals surface area contributed by atoms with Gasteiger partial charge < -0.3 is 15.3 Å². The lowest BCUT2D eigenvalue weighted by Gasteiger charge is -2.12. The highest BCUT2D eigenvalue weighted by Gasteiger charge is 2.23. The Balaban J connectivity index is 1.87. The van der Waals surface area contributed by atoms with Crippen LogP contribution in [0.1, 0.15) is 11.1 Å². The lowest BCUT2D eigenvalue weighted by atomic mass is 10.1. The smallest absolute Gasteiger partial charge is 0.407 e. The minimum atomic E-state index is -4.22. The van der Waals surface area contributed by atoms with Crippen molar-refractivity contribution in [3.8, 4) is 0 Å². The zero-order valence-electron chi connectivity index (χ0n) is 18.3. The van der Waals surface area contributed by atoms with Crippen LogP contribution in [0.4, 0.5) is 25.0 Å². The molecular weight excluding hydrogens is 464 g/mol. The molecule has 0 atom stereocenters. The zero-order chi connectivity index (χ0) is 24.6. The molecule has 0 bridgehead atoms. The molecule has 0 spiro atoms. The van der Waals surface area contributed by atoms with Gasteiger partial charge in [-0.2, -0.15) is 0 Å². The molecule has 176 valence electrons. The third-order valence-electron chi connectivity index (χ3n) is 5.34. The maximum atomic E-state index is 14.3. The van der Waals surface area contributed by atoms with Gasteiger partial charge in [-0.1, -0.05) is 18.2 Å². The Bertz CT molecular complexity index is 1520. The predicted octanol–water partition coefficient (Wildman–Crippen LogP) is 5.32. The first-order valence-corrected chi connectivity index (χ1v) is 11.6. The zero-order valence-corrected chi connectivity index (χ0v) is 19.1. The van der Waals surface area contributed by atoms with E-state index in [2.05, 4.69) is 5.32 Å². The van der Waals surface area contributed by atoms with E-state index in [1.807, 2.05) is 0 Å². The van der Waals surface area contributed by atoms with Crippen molar-refractivity contribution < 1.29 is 27.1 Å². The minimum Gasteiger partial charge on any atom is -0.465 e. The lowest BCUT2D eigenvalue weighted by molar-refractivity contribution is 0.154. The van der Waals surface area contributed by atoms with E-state index in [-0.39, 0.29) is 22.6 Å². The summed E-state index contributed by atoms with van der Waals surface area (Å²) < 4.78 is 55.9. The molecule has 1 heterocycles. The number of rotatable bonds is 6. The lowest BCUT2D eigenvalue weighted by Crippen LogP contribution is -2.23. The first-order valence-electron chi connectivity index (χ1n) is 10.2. The number of halogens is 2. The fraction of sp³-hybridized carbons (Fsp3) is 0.125. The van der Waals surface area contributed by atoms with E-state index >= 15 is 0 Å². The molecule has 0 fully saturated rings. The van der Waals surface area contributed by atoms with Crippen molar-refractivity contribution in [2.24, 2.45) is 0 Å². The van der Waals surface area contributed by atoms with E-state index in [1.165, 1.54) is 37.5 Å². The molecule has 0 aliphatic carbocycles. The topological polar surface area (TPSA) is 91.6 Å². The van der Waals surface area contributed by atoms with E-state index in [0.29, 0.717) is 16.6 Å². The Kier molecular flexibility index (Phi) is 6.01. The molecule has 7 nitrogen and oxygen atoms in total. The number of nitrogens with one attached hydrogen (secondary N) is 1. The highest BCUT2D eigenvalue weighted by Crippen LogP contribution is 2.31. The Morgan fingerprint density at radius 3 is 2.53 bits per heavy atom. The number of benzene rings is 3. The molecule has 0 saturated carbocycles. The van der Waals surface area contributed by atoms with Crippen LogP contribution in [-0.2, 0) is 16.6 Å². The van der Waals surface area contributed by atoms with Gasteiger partial charge in [-0.25, -0.2) is 26.0 Å². The van der Waals surface area contributed by atoms with Crippen LogP contribution in [0.15, 0.2) is 71.8 Å². The number of nitrogens with zero attached hydrogens (tertiary/aromatic N) is 2. The van der Waals surface area contributed by atoms with Crippen LogP contribution in [0.3, 0.4) is 0 Å². The molecular formula is C24H21F2N3O4S. The average Bonchev–Trinajstić information content (AvgIpc) is 3.14. The summed E-state index contributed by atoms with van der Waals surface area (Å²) >= 11 is 0. The summed E-state index contributed by atoms with van der Waals surface area (Å²) in [7, 11) is -2.85. The Labute approximate surface area is 194 Å². The summed E-state index contributed by atoms with van der Waals surface area (Å²) in [6.45, 7) is 1.69. The molecule has 4 rings (SSSR count). The quantitative estimate of drug-likeness (QED) is 0.386. The summed E-state index contributed by atoms with van der Waals surface area (Å²) in [6, 6.07) is 14.1. The number of fused-ring (bicyclic) bond motifs is 1. The minimum absolute atomic E-state index is 0.0725. The van der Waals surface area contributed by atoms with E-state index in [4.69, 9.17) is 0 Å². The Morgan fingerprint density at radius 1 is 1.09 bits per heavy atom. The van der Waals surface area contributed by atoms with Crippen LogP contribution in [0.2, 0.25) is 0 Å². The number of hydrogen-bond donors (Lipinski definition) is 2. The first kappa shape index (κ1) is 23.2. The second-order valence-corrected chi connectivity index (χ2v) is 9.71. The van der Waals surface area contributed by atoms with Crippen LogP contribution in [0, 0.1) is 18.6 Å². The van der Waals surface area contributed by atoms with Crippen molar-refractivity contribution in [1.82, 2.24) is 8.87 Å². The number of aromatic nitrogens is 1. The van der Waals surface area contributed by atoms with E-state index < -0.39 is 27.8 Å². The molecule has 1 aromatic heterocycles. The number of anilines is 2. The summed E-state index contributed by atoms with van der Waals surface area (Å²) in [4.78, 5) is 12.1. The molecule has 1 amide bonds. The van der Waals surface area contributed by atoms with Crippen LogP contribution < -0.4 is 5.32 Å². The van der Waals surface area contributed by atoms with Gasteiger partial charge in [0.2, 0.25) is 0 Å². The van der Waals surface area contributed by atoms with Gasteiger partial charge in [0.15, 0.2) is 0 Å². The van der Waals surface area contributed by atoms with Gasteiger partial charge in [-0.15, -0.1) is 0 Å². The number of carboxylic acid groups (broad SMARTS) is 1. The molecule has 34 heavy (non-hydrogen) atoms. The number of aryl methyl sites for hydroxylation is 1. The highest BCUT2D eigenvalue weighted by molar-refractivity contribution is 7.90. The van der Waals surface area contributed by atoms with Crippen LogP contribution in [0.25, 0.3) is 10.9 Å². The van der Waals surface area contributed by atoms with Crippen molar-refractivity contribution in [3.05, 3.63) is 89.6 Å². The van der Waals surface area contributed by atoms with Crippen LogP contribution >= 0.6 is 0 Å². The molecule has 4 aromatic rings. The SMILES string of the molecule is Cc1ccc(Nc2ccc3c(CN(C)C(=O)O)cn(S(=O)(=O)c4cccc(F)c4)c3c2)c(F)c1. The largest absolute Gasteiger partial charge is 0.465 e. The molecule has 3 aromatic carbocycles. The van der Waals surface area contributed by atoms with Gasteiger partial charge in [0, 0.05) is 24.3 Å². The monoisotopic (exact) mass is 485 g/mol. The summed E-state index contributed by atoms with van der Waals surface area (Å²) in [5, 5.41) is 12.7. The van der Waals surface area contributed by atoms with E-state index in [1.54, 1.807) is 31.2 Å². The Hall–Kier alpha value is -3.92. The van der Waals surface area contributed by atoms with Crippen LogP contribution in [0.5, 0.6) is 0 Å². The van der Waals surface area contributed by atoms with Crippen molar-refractivity contribution >= 4 is 38.4 Å². The second kappa shape index (κ2) is 8.79. The number of carbonyl (C=O) groups is 1. The fourth-order valence-corrected chi connectivity index (χ4v) is 5.03. The summed E-state index contributed by atoms with van der Waals surface area (Å²) in [5.41, 5.74) is 2.05. The number of hydrogen-bond acceptors (Lipinski definition) is 4. The summed E-state index contributed by atoms with van der Waals surface area (Å²) in [6.07, 6.45) is 0.141. The van der Waals surface area contributed by atoms with Gasteiger partial charge >= 0.3 is 6.09 Å². The van der Waals surface area contributed by atoms with Gasteiger partial charge in [-0.05, 0) is 60.5 Å². The van der Waals surface area contributed by atoms with E-state index in [0.717, 1.165) is 26.6 Å². The molecule has 10 heteroatoms. The fourth-order valence-electron chi connectivity index (χ4n) is 3.61. The van der Waals surface area contributed by atoms with Crippen molar-refractivity contribution in [2.45, 2.75) is 18.4 Å². The van der Waals surface area contributed by atoms with Crippen LogP contribution in [-0.4, -0.2) is 35.5 Å². The Morgan fingerprint density at radius 2 is 1.85 bits per heavy atom.